The Balaban J connectivity index is 1.86. The van der Waals surface area contributed by atoms with Gasteiger partial charge in [0.05, 0.1) is 5.69 Å². The maximum absolute atomic E-state index is 5.05. The Morgan fingerprint density at radius 3 is 2.52 bits per heavy atom. The van der Waals surface area contributed by atoms with Crippen LogP contribution in [0, 0.1) is 0 Å². The van der Waals surface area contributed by atoms with E-state index in [-0.39, 0.29) is 0 Å². The minimum atomic E-state index is 0.349. The van der Waals surface area contributed by atoms with Crippen LogP contribution in [-0.4, -0.2) is 23.1 Å². The largest absolute Gasteiger partial charge is 0.301 e. The first kappa shape index (κ1) is 13.2. The molecule has 2 unspecified atom stereocenters. The van der Waals surface area contributed by atoms with Crippen molar-refractivity contribution in [3.05, 3.63) is 53.6 Å². The van der Waals surface area contributed by atoms with E-state index in [1.165, 1.54) is 27.9 Å². The van der Waals surface area contributed by atoms with E-state index in [9.17, 15) is 0 Å². The monoisotopic (exact) mass is 303 g/mol. The first-order chi connectivity index (χ1) is 11.2. The van der Waals surface area contributed by atoms with Crippen LogP contribution < -0.4 is 4.90 Å². The van der Waals surface area contributed by atoms with Crippen molar-refractivity contribution in [1.29, 1.82) is 0 Å². The van der Waals surface area contributed by atoms with Crippen molar-refractivity contribution in [2.45, 2.75) is 45.3 Å². The quantitative estimate of drug-likeness (QED) is 0.778. The number of fused-ring (bicyclic) bond motifs is 3. The fourth-order valence-corrected chi connectivity index (χ4v) is 4.40. The van der Waals surface area contributed by atoms with E-state index < -0.39 is 0 Å². The third-order valence-electron chi connectivity index (χ3n) is 5.43. The molecule has 2 atom stereocenters. The Hall–Kier alpha value is -2.29. The Bertz CT molecular complexity index is 837. The molecule has 0 bridgehead atoms. The predicted octanol–water partition coefficient (Wildman–Crippen LogP) is 4.39. The van der Waals surface area contributed by atoms with Gasteiger partial charge in [0.25, 0.3) is 0 Å². The zero-order valence-corrected chi connectivity index (χ0v) is 13.8. The zero-order valence-electron chi connectivity index (χ0n) is 13.8. The number of amidine groups is 1. The van der Waals surface area contributed by atoms with Crippen molar-refractivity contribution in [2.24, 2.45) is 5.10 Å². The summed E-state index contributed by atoms with van der Waals surface area (Å²) in [6.07, 6.45) is 1.48. The van der Waals surface area contributed by atoms with Crippen LogP contribution >= 0.6 is 0 Å². The van der Waals surface area contributed by atoms with Gasteiger partial charge >= 0.3 is 0 Å². The van der Waals surface area contributed by atoms with Crippen molar-refractivity contribution < 1.29 is 0 Å². The summed E-state index contributed by atoms with van der Waals surface area (Å²) in [6, 6.07) is 15.9. The highest BCUT2D eigenvalue weighted by Crippen LogP contribution is 2.51. The van der Waals surface area contributed by atoms with Crippen molar-refractivity contribution in [2.75, 3.05) is 4.90 Å². The molecule has 3 aliphatic heterocycles. The maximum atomic E-state index is 5.05. The van der Waals surface area contributed by atoms with E-state index in [2.05, 4.69) is 73.1 Å². The molecule has 5 rings (SSSR count). The van der Waals surface area contributed by atoms with E-state index in [0.29, 0.717) is 18.1 Å². The first-order valence-corrected chi connectivity index (χ1v) is 8.55. The predicted molar refractivity (Wildman–Crippen MR) is 94.7 cm³/mol. The Labute approximate surface area is 137 Å². The summed E-state index contributed by atoms with van der Waals surface area (Å²) in [7, 11) is 0. The highest BCUT2D eigenvalue weighted by molar-refractivity contribution is 6.20. The van der Waals surface area contributed by atoms with E-state index >= 15 is 0 Å². The Kier molecular flexibility index (Phi) is 2.51. The molecule has 0 amide bonds. The van der Waals surface area contributed by atoms with E-state index in [1.54, 1.807) is 0 Å². The number of para-hydroxylation sites is 1. The molecular weight excluding hydrogens is 282 g/mol. The number of anilines is 1. The highest BCUT2D eigenvalue weighted by Gasteiger charge is 2.46. The van der Waals surface area contributed by atoms with E-state index in [1.807, 2.05) is 0 Å². The smallest absolute Gasteiger partial charge is 0.162 e. The molecule has 0 radical (unpaired) electrons. The van der Waals surface area contributed by atoms with Gasteiger partial charge in [-0.25, -0.2) is 0 Å². The van der Waals surface area contributed by atoms with Crippen LogP contribution in [-0.2, 0) is 0 Å². The van der Waals surface area contributed by atoms with Crippen LogP contribution in [0.5, 0.6) is 0 Å². The normalized spacial score (nSPS) is 23.7. The summed E-state index contributed by atoms with van der Waals surface area (Å²) < 4.78 is 0. The molecule has 0 saturated heterocycles. The van der Waals surface area contributed by atoms with Crippen LogP contribution in [0.15, 0.2) is 47.6 Å². The van der Waals surface area contributed by atoms with Gasteiger partial charge in [-0.3, -0.25) is 5.01 Å². The molecule has 116 valence electrons. The molecule has 3 heteroatoms. The van der Waals surface area contributed by atoms with Gasteiger partial charge in [-0.05, 0) is 37.3 Å². The highest BCUT2D eigenvalue weighted by atomic mass is 15.6. The van der Waals surface area contributed by atoms with Crippen LogP contribution in [0.25, 0.3) is 11.1 Å². The average molecular weight is 303 g/mol. The summed E-state index contributed by atoms with van der Waals surface area (Å²) in [6.45, 7) is 6.82. The molecule has 0 N–H and O–H groups in total. The fraction of sp³-hybridized carbons (Fsp3) is 0.350. The minimum absolute atomic E-state index is 0.349. The molecule has 3 aliphatic rings. The van der Waals surface area contributed by atoms with Gasteiger partial charge in [0.15, 0.2) is 5.84 Å². The van der Waals surface area contributed by atoms with Gasteiger partial charge in [-0.2, -0.15) is 5.10 Å². The molecule has 3 heterocycles. The summed E-state index contributed by atoms with van der Waals surface area (Å²) >= 11 is 0. The summed E-state index contributed by atoms with van der Waals surface area (Å²) in [5.41, 5.74) is 6.79. The molecule has 0 saturated carbocycles. The van der Waals surface area contributed by atoms with Gasteiger partial charge in [-0.1, -0.05) is 49.4 Å². The number of hydrogen-bond donors (Lipinski definition) is 0. The van der Waals surface area contributed by atoms with Gasteiger partial charge in [0.2, 0.25) is 0 Å². The number of benzene rings is 2. The SMILES string of the molecule is CC1CC2N3C(=NN2C(C)C)c2ccccc2-c2cccc1c23. The molecular formula is C20H21N3. The van der Waals surface area contributed by atoms with E-state index in [0.717, 1.165) is 12.3 Å². The maximum Gasteiger partial charge on any atom is 0.162 e. The van der Waals surface area contributed by atoms with Gasteiger partial charge in [0.1, 0.15) is 6.17 Å². The lowest BCUT2D eigenvalue weighted by Gasteiger charge is -2.43. The first-order valence-electron chi connectivity index (χ1n) is 8.55. The summed E-state index contributed by atoms with van der Waals surface area (Å²) in [5, 5.41) is 7.34. The van der Waals surface area contributed by atoms with Crippen LogP contribution in [0.2, 0.25) is 0 Å². The second kappa shape index (κ2) is 4.38. The molecule has 0 aromatic heterocycles. The van der Waals surface area contributed by atoms with Crippen molar-refractivity contribution in [1.82, 2.24) is 5.01 Å². The second-order valence-corrected chi connectivity index (χ2v) is 7.17. The Morgan fingerprint density at radius 1 is 1.00 bits per heavy atom. The van der Waals surface area contributed by atoms with Crippen LogP contribution in [0.1, 0.15) is 44.2 Å². The van der Waals surface area contributed by atoms with Gasteiger partial charge < -0.3 is 4.90 Å². The minimum Gasteiger partial charge on any atom is -0.301 e. The second-order valence-electron chi connectivity index (χ2n) is 7.17. The fourth-order valence-electron chi connectivity index (χ4n) is 4.40. The van der Waals surface area contributed by atoms with Crippen molar-refractivity contribution in [3.8, 4) is 11.1 Å². The van der Waals surface area contributed by atoms with Crippen molar-refractivity contribution in [3.63, 3.8) is 0 Å². The molecule has 2 aromatic rings. The Morgan fingerprint density at radius 2 is 1.74 bits per heavy atom. The number of rotatable bonds is 1. The lowest BCUT2D eigenvalue weighted by atomic mass is 9.82. The standard InChI is InChI=1S/C20H21N3/c1-12(2)23-18-11-13(3)14-9-6-10-16-15-7-4-5-8-17(15)20(21-23)22(18)19(14)16/h4-10,12-13,18H,11H2,1-3H3. The molecule has 3 nitrogen and oxygen atoms in total. The lowest BCUT2D eigenvalue weighted by Crippen LogP contribution is -2.49. The van der Waals surface area contributed by atoms with E-state index in [4.69, 9.17) is 5.10 Å². The van der Waals surface area contributed by atoms with Crippen LogP contribution in [0.3, 0.4) is 0 Å². The zero-order chi connectivity index (χ0) is 15.7. The number of hydrazone groups is 1. The van der Waals surface area contributed by atoms with Crippen LogP contribution in [0.4, 0.5) is 5.69 Å². The average Bonchev–Trinajstić information content (AvgIpc) is 2.95. The number of hydrogen-bond acceptors (Lipinski definition) is 3. The van der Waals surface area contributed by atoms with Crippen molar-refractivity contribution >= 4 is 11.5 Å². The lowest BCUT2D eigenvalue weighted by molar-refractivity contribution is 0.166. The van der Waals surface area contributed by atoms with Gasteiger partial charge in [-0.15, -0.1) is 0 Å². The molecule has 0 fully saturated rings. The molecule has 0 aliphatic carbocycles. The molecule has 23 heavy (non-hydrogen) atoms. The number of nitrogens with zero attached hydrogens (tertiary/aromatic N) is 3. The summed E-state index contributed by atoms with van der Waals surface area (Å²) in [4.78, 5) is 2.49. The molecule has 2 aromatic carbocycles. The van der Waals surface area contributed by atoms with Gasteiger partial charge in [0, 0.05) is 17.2 Å². The third kappa shape index (κ3) is 1.57. The topological polar surface area (TPSA) is 18.8 Å². The third-order valence-corrected chi connectivity index (χ3v) is 5.43. The summed E-state index contributed by atoms with van der Waals surface area (Å²) in [5.74, 6) is 1.69. The molecule has 0 spiro atoms.